The fourth-order valence-corrected chi connectivity index (χ4v) is 3.38. The second kappa shape index (κ2) is 7.88. The van der Waals surface area contributed by atoms with Crippen molar-refractivity contribution < 1.29 is 31.5 Å². The van der Waals surface area contributed by atoms with E-state index in [0.717, 1.165) is 31.3 Å². The smallest absolute Gasteiger partial charge is 0.385 e. The topological polar surface area (TPSA) is 89.6 Å². The molecular weight excluding hydrogens is 423 g/mol. The highest BCUT2D eigenvalue weighted by Crippen LogP contribution is 2.44. The normalized spacial score (nSPS) is 23.9. The van der Waals surface area contributed by atoms with Crippen LogP contribution in [0.4, 0.5) is 27.6 Å². The van der Waals surface area contributed by atoms with E-state index in [-0.39, 0.29) is 22.8 Å². The van der Waals surface area contributed by atoms with Crippen molar-refractivity contribution in [3.05, 3.63) is 58.9 Å². The molecule has 31 heavy (non-hydrogen) atoms. The summed E-state index contributed by atoms with van der Waals surface area (Å²) in [6, 6.07) is 4.20. The van der Waals surface area contributed by atoms with E-state index in [1.165, 1.54) is 19.9 Å². The molecule has 166 valence electrons. The molecule has 2 heterocycles. The zero-order valence-corrected chi connectivity index (χ0v) is 16.7. The van der Waals surface area contributed by atoms with Crippen molar-refractivity contribution in [1.29, 1.82) is 0 Å². The maximum absolute atomic E-state index is 14.7. The summed E-state index contributed by atoms with van der Waals surface area (Å²) in [7, 11) is 0. The maximum Gasteiger partial charge on any atom is 0.417 e. The Balaban J connectivity index is 2.02. The predicted octanol–water partition coefficient (Wildman–Crippen LogP) is 3.84. The van der Waals surface area contributed by atoms with Gasteiger partial charge in [0.05, 0.1) is 6.20 Å². The van der Waals surface area contributed by atoms with Crippen LogP contribution >= 0.6 is 0 Å². The first kappa shape index (κ1) is 22.6. The minimum Gasteiger partial charge on any atom is -0.385 e. The second-order valence-electron chi connectivity index (χ2n) is 7.35. The third-order valence-electron chi connectivity index (χ3n) is 4.96. The van der Waals surface area contributed by atoms with Gasteiger partial charge in [-0.1, -0.05) is 0 Å². The van der Waals surface area contributed by atoms with Crippen LogP contribution < -0.4 is 11.1 Å². The number of benzene rings is 1. The number of nitrogens with zero attached hydrogens (tertiary/aromatic N) is 2. The summed E-state index contributed by atoms with van der Waals surface area (Å²) >= 11 is 0. The number of halogens is 5. The number of anilines is 1. The van der Waals surface area contributed by atoms with Crippen molar-refractivity contribution in [1.82, 2.24) is 4.98 Å². The van der Waals surface area contributed by atoms with Crippen LogP contribution in [-0.2, 0) is 10.3 Å². The molecule has 1 aliphatic heterocycles. The van der Waals surface area contributed by atoms with Gasteiger partial charge in [-0.05, 0) is 50.6 Å². The van der Waals surface area contributed by atoms with Crippen LogP contribution in [0.5, 0.6) is 0 Å². The number of pyridine rings is 1. The number of aryl methyl sites for hydroxylation is 1. The fourth-order valence-electron chi connectivity index (χ4n) is 3.38. The average Bonchev–Trinajstić information content (AvgIpc) is 2.65. The Morgan fingerprint density at radius 3 is 2.55 bits per heavy atom. The molecule has 3 unspecified atom stereocenters. The lowest BCUT2D eigenvalue weighted by molar-refractivity contribution is -0.248. The molecule has 1 aliphatic rings. The number of carbonyl (C=O) groups is 1. The Bertz CT molecular complexity index is 1060. The number of alkyl halides is 3. The molecule has 3 N–H and O–H groups in total. The number of carbonyl (C=O) groups excluding carboxylic acids is 1. The summed E-state index contributed by atoms with van der Waals surface area (Å²) in [4.78, 5) is 20.1. The van der Waals surface area contributed by atoms with Crippen LogP contribution in [0.25, 0.3) is 0 Å². The van der Waals surface area contributed by atoms with Gasteiger partial charge < -0.3 is 15.8 Å². The number of hydrogen-bond donors (Lipinski definition) is 2. The van der Waals surface area contributed by atoms with E-state index in [1.54, 1.807) is 0 Å². The van der Waals surface area contributed by atoms with E-state index in [0.29, 0.717) is 0 Å². The fraction of sp³-hybridized carbons (Fsp3) is 0.350. The average molecular weight is 442 g/mol. The maximum atomic E-state index is 14.7. The van der Waals surface area contributed by atoms with E-state index in [1.807, 2.05) is 0 Å². The zero-order chi connectivity index (χ0) is 23.1. The highest BCUT2D eigenvalue weighted by atomic mass is 19.4. The third-order valence-corrected chi connectivity index (χ3v) is 4.96. The van der Waals surface area contributed by atoms with Crippen LogP contribution in [0.3, 0.4) is 0 Å². The van der Waals surface area contributed by atoms with Gasteiger partial charge >= 0.3 is 6.18 Å². The number of ether oxygens (including phenoxy) is 1. The molecule has 0 saturated heterocycles. The number of nitrogens with one attached hydrogen (secondary N) is 1. The molecule has 1 aromatic carbocycles. The number of amidine groups is 1. The van der Waals surface area contributed by atoms with Gasteiger partial charge in [-0.15, -0.1) is 0 Å². The van der Waals surface area contributed by atoms with Crippen molar-refractivity contribution in [3.63, 3.8) is 0 Å². The lowest BCUT2D eigenvalue weighted by Crippen LogP contribution is -2.55. The minimum atomic E-state index is -4.87. The molecule has 11 heteroatoms. The molecule has 0 radical (unpaired) electrons. The van der Waals surface area contributed by atoms with Gasteiger partial charge in [-0.25, -0.2) is 13.8 Å². The Morgan fingerprint density at radius 1 is 1.26 bits per heavy atom. The quantitative estimate of drug-likeness (QED) is 0.707. The minimum absolute atomic E-state index is 0.0125. The van der Waals surface area contributed by atoms with Gasteiger partial charge in [-0.2, -0.15) is 13.2 Å². The molecule has 0 fully saturated rings. The summed E-state index contributed by atoms with van der Waals surface area (Å²) in [5.74, 6) is -2.58. The SMILES string of the molecule is Cc1cc(F)cnc1C(=O)Nc1ccc(F)c(C2(C)N=C(N)C(C)OC2C(F)(F)F)c1. The Kier molecular flexibility index (Phi) is 5.74. The number of hydrogen-bond acceptors (Lipinski definition) is 5. The number of nitrogens with two attached hydrogens (primary N) is 1. The van der Waals surface area contributed by atoms with Gasteiger partial charge in [0.2, 0.25) is 0 Å². The largest absolute Gasteiger partial charge is 0.417 e. The van der Waals surface area contributed by atoms with Crippen LogP contribution in [0.15, 0.2) is 35.5 Å². The van der Waals surface area contributed by atoms with Gasteiger partial charge in [0.15, 0.2) is 6.10 Å². The molecule has 3 rings (SSSR count). The molecule has 1 amide bonds. The molecule has 1 aromatic heterocycles. The standard InChI is InChI=1S/C20H19F5N4O2/c1-9-6-11(21)8-27-15(9)17(30)28-12-4-5-14(22)13(7-12)19(3)18(20(23,24)25)31-10(2)16(26)29-19/h4-8,10,18H,1-3H3,(H2,26,29)(H,28,30). The van der Waals surface area contributed by atoms with Crippen LogP contribution in [0.1, 0.15) is 35.5 Å². The second-order valence-corrected chi connectivity index (χ2v) is 7.35. The van der Waals surface area contributed by atoms with Gasteiger partial charge in [-0.3, -0.25) is 9.79 Å². The van der Waals surface area contributed by atoms with Crippen molar-refractivity contribution in [3.8, 4) is 0 Å². The Morgan fingerprint density at radius 2 is 1.94 bits per heavy atom. The lowest BCUT2D eigenvalue weighted by Gasteiger charge is -2.41. The van der Waals surface area contributed by atoms with Gasteiger partial charge in [0, 0.05) is 11.3 Å². The number of amides is 1. The van der Waals surface area contributed by atoms with Crippen molar-refractivity contribution in [2.24, 2.45) is 10.7 Å². The Labute approximate surface area is 174 Å². The first-order valence-corrected chi connectivity index (χ1v) is 9.14. The monoisotopic (exact) mass is 442 g/mol. The molecule has 0 spiro atoms. The number of rotatable bonds is 3. The third kappa shape index (κ3) is 4.36. The number of aromatic nitrogens is 1. The van der Waals surface area contributed by atoms with Crippen LogP contribution in [-0.4, -0.2) is 35.1 Å². The summed E-state index contributed by atoms with van der Waals surface area (Å²) in [5.41, 5.74) is 3.14. The van der Waals surface area contributed by atoms with Crippen molar-refractivity contribution in [2.75, 3.05) is 5.32 Å². The van der Waals surface area contributed by atoms with E-state index in [9.17, 15) is 26.7 Å². The summed E-state index contributed by atoms with van der Waals surface area (Å²) < 4.78 is 74.0. The van der Waals surface area contributed by atoms with E-state index in [4.69, 9.17) is 10.5 Å². The molecule has 0 saturated carbocycles. The molecule has 2 aromatic rings. The lowest BCUT2D eigenvalue weighted by atomic mass is 9.84. The van der Waals surface area contributed by atoms with Crippen LogP contribution in [0.2, 0.25) is 0 Å². The molecule has 0 bridgehead atoms. The Hall–Kier alpha value is -3.08. The molecule has 0 aliphatic carbocycles. The first-order chi connectivity index (χ1) is 14.3. The molecular formula is C20H19F5N4O2. The summed E-state index contributed by atoms with van der Waals surface area (Å²) in [5, 5.41) is 2.42. The van der Waals surface area contributed by atoms with Crippen molar-refractivity contribution >= 4 is 17.4 Å². The van der Waals surface area contributed by atoms with Crippen LogP contribution in [0, 0.1) is 18.6 Å². The highest BCUT2D eigenvalue weighted by Gasteiger charge is 2.57. The molecule has 3 atom stereocenters. The number of aliphatic imine (C=N–C) groups is 1. The molecule has 6 nitrogen and oxygen atoms in total. The van der Waals surface area contributed by atoms with Gasteiger partial charge in [0.25, 0.3) is 5.91 Å². The van der Waals surface area contributed by atoms with Gasteiger partial charge in [0.1, 0.15) is 34.8 Å². The van der Waals surface area contributed by atoms with E-state index in [2.05, 4.69) is 15.3 Å². The zero-order valence-electron chi connectivity index (χ0n) is 16.7. The summed E-state index contributed by atoms with van der Waals surface area (Å²) in [6.45, 7) is 3.83. The van der Waals surface area contributed by atoms with E-state index < -0.39 is 47.0 Å². The van der Waals surface area contributed by atoms with E-state index >= 15 is 0 Å². The summed E-state index contributed by atoms with van der Waals surface area (Å²) in [6.07, 6.45) is -7.60. The predicted molar refractivity (Wildman–Crippen MR) is 103 cm³/mol. The first-order valence-electron chi connectivity index (χ1n) is 9.14. The van der Waals surface area contributed by atoms with Crippen molar-refractivity contribution in [2.45, 2.75) is 44.7 Å². The highest BCUT2D eigenvalue weighted by molar-refractivity contribution is 6.03.